The lowest BCUT2D eigenvalue weighted by Crippen LogP contribution is -2.33. The molecule has 0 radical (unpaired) electrons. The Morgan fingerprint density at radius 3 is 2.62 bits per heavy atom. The molecule has 0 unspecified atom stereocenters. The minimum atomic E-state index is 0.585. The summed E-state index contributed by atoms with van der Waals surface area (Å²) in [7, 11) is 0. The third-order valence-electron chi connectivity index (χ3n) is 5.03. The normalized spacial score (nSPS) is 14.7. The van der Waals surface area contributed by atoms with Crippen molar-refractivity contribution in [2.45, 2.75) is 33.1 Å². The van der Waals surface area contributed by atoms with Gasteiger partial charge in [-0.2, -0.15) is 0 Å². The lowest BCUT2D eigenvalue weighted by atomic mass is 10.1. The molecule has 6 nitrogen and oxygen atoms in total. The zero-order valence-corrected chi connectivity index (χ0v) is 17.9. The van der Waals surface area contributed by atoms with Crippen LogP contribution >= 0.6 is 11.3 Å². The second kappa shape index (κ2) is 9.33. The molecule has 1 aliphatic heterocycles. The highest BCUT2D eigenvalue weighted by molar-refractivity contribution is 7.18. The number of aromatic nitrogens is 3. The van der Waals surface area contributed by atoms with Crippen LogP contribution in [0.2, 0.25) is 0 Å². The van der Waals surface area contributed by atoms with Gasteiger partial charge in [-0.05, 0) is 69.1 Å². The van der Waals surface area contributed by atoms with E-state index >= 15 is 0 Å². The van der Waals surface area contributed by atoms with Crippen LogP contribution in [0.1, 0.15) is 30.4 Å². The molecule has 2 N–H and O–H groups in total. The van der Waals surface area contributed by atoms with Crippen LogP contribution in [0.5, 0.6) is 0 Å². The number of anilines is 3. The van der Waals surface area contributed by atoms with Crippen LogP contribution in [-0.2, 0) is 0 Å². The van der Waals surface area contributed by atoms with E-state index in [4.69, 9.17) is 0 Å². The second-order valence-electron chi connectivity index (χ2n) is 7.63. The van der Waals surface area contributed by atoms with Crippen LogP contribution in [0.25, 0.3) is 10.7 Å². The van der Waals surface area contributed by atoms with Crippen molar-refractivity contribution >= 4 is 28.0 Å². The molecule has 0 atom stereocenters. The van der Waals surface area contributed by atoms with Crippen LogP contribution < -0.4 is 10.6 Å². The Balaban J connectivity index is 1.38. The molecule has 1 aromatic carbocycles. The minimum Gasteiger partial charge on any atom is -0.374 e. The van der Waals surface area contributed by atoms with Gasteiger partial charge in [-0.15, -0.1) is 0 Å². The number of aryl methyl sites for hydroxylation is 2. The maximum atomic E-state index is 4.65. The van der Waals surface area contributed by atoms with Gasteiger partial charge in [-0.3, -0.25) is 0 Å². The van der Waals surface area contributed by atoms with Gasteiger partial charge in [0, 0.05) is 25.0 Å². The molecule has 152 valence electrons. The average Bonchev–Trinajstić information content (AvgIpc) is 3.17. The van der Waals surface area contributed by atoms with Gasteiger partial charge in [0.2, 0.25) is 5.95 Å². The predicted octanol–water partition coefficient (Wildman–Crippen LogP) is 4.86. The van der Waals surface area contributed by atoms with E-state index in [1.807, 2.05) is 12.3 Å². The molecule has 1 fully saturated rings. The highest BCUT2D eigenvalue weighted by Gasteiger charge is 2.11. The van der Waals surface area contributed by atoms with Crippen molar-refractivity contribution in [1.82, 2.24) is 19.9 Å². The number of rotatable bonds is 7. The molecular weight excluding hydrogens is 380 g/mol. The maximum Gasteiger partial charge on any atom is 0.227 e. The quantitative estimate of drug-likeness (QED) is 0.582. The van der Waals surface area contributed by atoms with Gasteiger partial charge in [0.25, 0.3) is 0 Å². The fourth-order valence-corrected chi connectivity index (χ4v) is 4.52. The van der Waals surface area contributed by atoms with Crippen LogP contribution in [0.4, 0.5) is 16.6 Å². The predicted molar refractivity (Wildman–Crippen MR) is 121 cm³/mol. The first-order chi connectivity index (χ1) is 14.2. The summed E-state index contributed by atoms with van der Waals surface area (Å²) in [5.74, 6) is 0.585. The zero-order valence-electron chi connectivity index (χ0n) is 17.1. The van der Waals surface area contributed by atoms with Gasteiger partial charge in [-0.25, -0.2) is 15.0 Å². The molecule has 3 aromatic rings. The monoisotopic (exact) mass is 408 g/mol. The van der Waals surface area contributed by atoms with Crippen molar-refractivity contribution < 1.29 is 0 Å². The number of likely N-dealkylation sites (tertiary alicyclic amines) is 1. The minimum absolute atomic E-state index is 0.585. The number of nitrogens with one attached hydrogen (secondary N) is 2. The number of thiazole rings is 1. The van der Waals surface area contributed by atoms with Gasteiger partial charge in [0.15, 0.2) is 0 Å². The summed E-state index contributed by atoms with van der Waals surface area (Å²) in [6.07, 6.45) is 7.71. The Morgan fingerprint density at radius 2 is 1.83 bits per heavy atom. The smallest absolute Gasteiger partial charge is 0.227 e. The molecule has 4 rings (SSSR count). The first-order valence-electron chi connectivity index (χ1n) is 10.3. The number of piperidine rings is 1. The first-order valence-corrected chi connectivity index (χ1v) is 11.1. The van der Waals surface area contributed by atoms with Crippen LogP contribution in [-0.4, -0.2) is 46.0 Å². The van der Waals surface area contributed by atoms with E-state index in [2.05, 4.69) is 62.5 Å². The standard InChI is InChI=1S/C22H28N6S/c1-16-12-17(2)14-18(13-16)26-22-24-7-6-19(27-22)21-25-15-20(29-21)23-8-11-28-9-4-3-5-10-28/h6-7,12-15,23H,3-5,8-11H2,1-2H3,(H,24,26,27). The Labute approximate surface area is 176 Å². The number of hydrogen-bond donors (Lipinski definition) is 2. The highest BCUT2D eigenvalue weighted by Crippen LogP contribution is 2.28. The van der Waals surface area contributed by atoms with E-state index < -0.39 is 0 Å². The van der Waals surface area contributed by atoms with Gasteiger partial charge < -0.3 is 15.5 Å². The average molecular weight is 409 g/mol. The molecule has 2 aromatic heterocycles. The number of hydrogen-bond acceptors (Lipinski definition) is 7. The highest BCUT2D eigenvalue weighted by atomic mass is 32.1. The third-order valence-corrected chi connectivity index (χ3v) is 6.01. The first kappa shape index (κ1) is 19.8. The van der Waals surface area contributed by atoms with E-state index in [9.17, 15) is 0 Å². The number of benzene rings is 1. The Kier molecular flexibility index (Phi) is 6.36. The molecule has 1 saturated heterocycles. The van der Waals surface area contributed by atoms with Crippen molar-refractivity contribution in [2.75, 3.05) is 36.8 Å². The van der Waals surface area contributed by atoms with Crippen LogP contribution in [0, 0.1) is 13.8 Å². The summed E-state index contributed by atoms with van der Waals surface area (Å²) < 4.78 is 0. The van der Waals surface area contributed by atoms with E-state index in [0.29, 0.717) is 5.95 Å². The fourth-order valence-electron chi connectivity index (χ4n) is 3.71. The van der Waals surface area contributed by atoms with Gasteiger partial charge in [-0.1, -0.05) is 23.8 Å². The van der Waals surface area contributed by atoms with Crippen molar-refractivity contribution in [3.63, 3.8) is 0 Å². The molecule has 1 aliphatic rings. The fraction of sp³-hybridized carbons (Fsp3) is 0.409. The molecule has 0 amide bonds. The van der Waals surface area contributed by atoms with Crippen LogP contribution in [0.15, 0.2) is 36.7 Å². The lowest BCUT2D eigenvalue weighted by Gasteiger charge is -2.26. The second-order valence-corrected chi connectivity index (χ2v) is 8.66. The van der Waals surface area contributed by atoms with Crippen molar-refractivity contribution in [3.8, 4) is 10.7 Å². The van der Waals surface area contributed by atoms with Crippen molar-refractivity contribution in [1.29, 1.82) is 0 Å². The molecule has 0 aliphatic carbocycles. The summed E-state index contributed by atoms with van der Waals surface area (Å²) in [4.78, 5) is 16.1. The summed E-state index contributed by atoms with van der Waals surface area (Å²) >= 11 is 1.63. The third kappa shape index (κ3) is 5.52. The van der Waals surface area contributed by atoms with E-state index in [0.717, 1.165) is 34.5 Å². The topological polar surface area (TPSA) is 66.0 Å². The Bertz CT molecular complexity index is 928. The maximum absolute atomic E-state index is 4.65. The summed E-state index contributed by atoms with van der Waals surface area (Å²) in [6.45, 7) is 8.67. The molecular formula is C22H28N6S. The summed E-state index contributed by atoms with van der Waals surface area (Å²) in [6, 6.07) is 8.24. The van der Waals surface area contributed by atoms with Crippen molar-refractivity contribution in [3.05, 3.63) is 47.8 Å². The molecule has 0 bridgehead atoms. The van der Waals surface area contributed by atoms with E-state index in [1.165, 1.54) is 43.5 Å². The van der Waals surface area contributed by atoms with Crippen molar-refractivity contribution in [2.24, 2.45) is 0 Å². The van der Waals surface area contributed by atoms with Gasteiger partial charge >= 0.3 is 0 Å². The molecule has 0 spiro atoms. The Morgan fingerprint density at radius 1 is 1.03 bits per heavy atom. The number of nitrogens with zero attached hydrogens (tertiary/aromatic N) is 4. The molecule has 7 heteroatoms. The van der Waals surface area contributed by atoms with Crippen LogP contribution in [0.3, 0.4) is 0 Å². The molecule has 29 heavy (non-hydrogen) atoms. The lowest BCUT2D eigenvalue weighted by molar-refractivity contribution is 0.237. The summed E-state index contributed by atoms with van der Waals surface area (Å²) in [5.41, 5.74) is 4.26. The SMILES string of the molecule is Cc1cc(C)cc(Nc2nccc(-c3ncc(NCCN4CCCCC4)s3)n2)c1. The largest absolute Gasteiger partial charge is 0.374 e. The summed E-state index contributed by atoms with van der Waals surface area (Å²) in [5, 5.41) is 8.79. The Hall–Kier alpha value is -2.51. The van der Waals surface area contributed by atoms with E-state index in [-0.39, 0.29) is 0 Å². The molecule has 3 heterocycles. The van der Waals surface area contributed by atoms with Gasteiger partial charge in [0.05, 0.1) is 6.20 Å². The zero-order chi connectivity index (χ0) is 20.1. The van der Waals surface area contributed by atoms with Gasteiger partial charge in [0.1, 0.15) is 15.7 Å². The van der Waals surface area contributed by atoms with E-state index in [1.54, 1.807) is 17.5 Å². The molecule has 0 saturated carbocycles.